The zero-order valence-corrected chi connectivity index (χ0v) is 18.8. The summed E-state index contributed by atoms with van der Waals surface area (Å²) in [5, 5.41) is 0.432. The molecule has 0 unspecified atom stereocenters. The number of carbonyl (C=O) groups excluding carboxylic acids is 2. The maximum atomic E-state index is 12.8. The van der Waals surface area contributed by atoms with Gasteiger partial charge >= 0.3 is 12.1 Å². The molecule has 0 radical (unpaired) electrons. The number of aryl methyl sites for hydroxylation is 1. The van der Waals surface area contributed by atoms with Crippen molar-refractivity contribution in [1.29, 1.82) is 0 Å². The Balaban J connectivity index is 1.80. The van der Waals surface area contributed by atoms with E-state index in [-0.39, 0.29) is 29.8 Å². The zero-order valence-electron chi connectivity index (χ0n) is 18.8. The lowest BCUT2D eigenvalue weighted by Gasteiger charge is -2.24. The second-order valence-corrected chi connectivity index (χ2v) is 8.51. The van der Waals surface area contributed by atoms with Crippen LogP contribution in [0.15, 0.2) is 29.2 Å². The van der Waals surface area contributed by atoms with Crippen LogP contribution in [-0.4, -0.2) is 52.9 Å². The predicted octanol–water partition coefficient (Wildman–Crippen LogP) is 3.59. The predicted molar refractivity (Wildman–Crippen MR) is 117 cm³/mol. The summed E-state index contributed by atoms with van der Waals surface area (Å²) < 4.78 is 18.4. The molecule has 1 aromatic carbocycles. The molecule has 31 heavy (non-hydrogen) atoms. The number of amides is 1. The molecule has 0 N–H and O–H groups in total. The van der Waals surface area contributed by atoms with Gasteiger partial charge in [0.1, 0.15) is 23.0 Å². The fourth-order valence-electron chi connectivity index (χ4n) is 3.57. The Labute approximate surface area is 181 Å². The van der Waals surface area contributed by atoms with E-state index in [2.05, 4.69) is 0 Å². The van der Waals surface area contributed by atoms with Gasteiger partial charge in [-0.3, -0.25) is 4.79 Å². The first-order valence-corrected chi connectivity index (χ1v) is 10.6. The van der Waals surface area contributed by atoms with Crippen molar-refractivity contribution in [2.24, 2.45) is 0 Å². The molecule has 2 aromatic rings. The van der Waals surface area contributed by atoms with E-state index in [9.17, 15) is 14.4 Å². The van der Waals surface area contributed by atoms with Crippen LogP contribution in [0.5, 0.6) is 5.75 Å². The maximum absolute atomic E-state index is 12.8. The summed E-state index contributed by atoms with van der Waals surface area (Å²) in [5.41, 5.74) is -0.198. The van der Waals surface area contributed by atoms with Crippen molar-refractivity contribution in [3.05, 3.63) is 40.2 Å². The summed E-state index contributed by atoms with van der Waals surface area (Å²) in [7, 11) is 0. The number of benzene rings is 1. The Morgan fingerprint density at radius 3 is 2.58 bits per heavy atom. The summed E-state index contributed by atoms with van der Waals surface area (Å²) in [5.74, 6) is -0.0147. The summed E-state index contributed by atoms with van der Waals surface area (Å²) in [6.07, 6.45) is 1.72. The van der Waals surface area contributed by atoms with Crippen LogP contribution in [0.2, 0.25) is 0 Å². The largest absolute Gasteiger partial charge is 0.488 e. The third-order valence-electron chi connectivity index (χ3n) is 4.99. The summed E-state index contributed by atoms with van der Waals surface area (Å²) in [6, 6.07) is 5.18. The highest BCUT2D eigenvalue weighted by atomic mass is 16.6. The maximum Gasteiger partial charge on any atom is 0.410 e. The average Bonchev–Trinajstić information content (AvgIpc) is 3.16. The molecule has 1 amide bonds. The van der Waals surface area contributed by atoms with Crippen LogP contribution in [0, 0.1) is 0 Å². The van der Waals surface area contributed by atoms with E-state index in [0.29, 0.717) is 42.7 Å². The number of hydrogen-bond donors (Lipinski definition) is 0. The van der Waals surface area contributed by atoms with Gasteiger partial charge in [0.05, 0.1) is 18.7 Å². The van der Waals surface area contributed by atoms with Gasteiger partial charge < -0.3 is 23.7 Å². The lowest BCUT2D eigenvalue weighted by atomic mass is 10.1. The molecule has 1 fully saturated rings. The number of esters is 1. The van der Waals surface area contributed by atoms with Gasteiger partial charge in [0.15, 0.2) is 0 Å². The van der Waals surface area contributed by atoms with Gasteiger partial charge in [-0.05, 0) is 46.8 Å². The second kappa shape index (κ2) is 8.99. The lowest BCUT2D eigenvalue weighted by molar-refractivity contribution is 0.0275. The molecule has 1 atom stereocenters. The van der Waals surface area contributed by atoms with Gasteiger partial charge in [0.2, 0.25) is 5.43 Å². The normalized spacial score (nSPS) is 16.4. The molecule has 0 aliphatic carbocycles. The number of fused-ring (bicyclic) bond motifs is 1. The molecule has 168 valence electrons. The molecule has 1 aliphatic rings. The molecular weight excluding hydrogens is 400 g/mol. The molecule has 3 rings (SSSR count). The third kappa shape index (κ3) is 5.18. The third-order valence-corrected chi connectivity index (χ3v) is 4.99. The van der Waals surface area contributed by atoms with E-state index < -0.39 is 11.6 Å². The van der Waals surface area contributed by atoms with Crippen molar-refractivity contribution in [2.45, 2.75) is 59.3 Å². The Hall–Kier alpha value is -3.03. The first kappa shape index (κ1) is 22.7. The highest BCUT2D eigenvalue weighted by Crippen LogP contribution is 2.24. The molecular formula is C23H30N2O6. The Morgan fingerprint density at radius 1 is 1.19 bits per heavy atom. The number of pyridine rings is 1. The van der Waals surface area contributed by atoms with E-state index in [0.717, 1.165) is 0 Å². The minimum absolute atomic E-state index is 0.0219. The smallest absolute Gasteiger partial charge is 0.410 e. The van der Waals surface area contributed by atoms with Crippen LogP contribution in [0.25, 0.3) is 10.9 Å². The van der Waals surface area contributed by atoms with Crippen LogP contribution in [-0.2, 0) is 16.0 Å². The number of likely N-dealkylation sites (tertiary alicyclic amines) is 1. The van der Waals surface area contributed by atoms with Crippen LogP contribution >= 0.6 is 0 Å². The van der Waals surface area contributed by atoms with Crippen LogP contribution in [0.3, 0.4) is 0 Å². The Morgan fingerprint density at radius 2 is 1.94 bits per heavy atom. The molecule has 0 bridgehead atoms. The highest BCUT2D eigenvalue weighted by molar-refractivity contribution is 5.94. The molecule has 8 heteroatoms. The number of nitrogens with zero attached hydrogens (tertiary/aromatic N) is 2. The first-order valence-electron chi connectivity index (χ1n) is 10.6. The van der Waals surface area contributed by atoms with Crippen molar-refractivity contribution in [3.8, 4) is 5.75 Å². The topological polar surface area (TPSA) is 87.1 Å². The molecule has 1 aromatic heterocycles. The highest BCUT2D eigenvalue weighted by Gasteiger charge is 2.31. The molecule has 8 nitrogen and oxygen atoms in total. The SMILES string of the molecule is CCOC(=O)c1cn(CC)c2cc(O[C@@H]3CCN(C(=O)OC(C)(C)C)C3)ccc2c1=O. The van der Waals surface area contributed by atoms with Crippen LogP contribution < -0.4 is 10.2 Å². The monoisotopic (exact) mass is 430 g/mol. The number of rotatable bonds is 5. The molecule has 0 saturated carbocycles. The Kier molecular flexibility index (Phi) is 6.57. The van der Waals surface area contributed by atoms with Crippen molar-refractivity contribution < 1.29 is 23.8 Å². The number of carbonyl (C=O) groups is 2. The van der Waals surface area contributed by atoms with E-state index >= 15 is 0 Å². The Bertz CT molecular complexity index is 1040. The van der Waals surface area contributed by atoms with E-state index in [1.54, 1.807) is 30.0 Å². The summed E-state index contributed by atoms with van der Waals surface area (Å²) in [6.45, 7) is 10.9. The van der Waals surface area contributed by atoms with Gasteiger partial charge in [-0.1, -0.05) is 0 Å². The molecule has 1 saturated heterocycles. The molecule has 1 aliphatic heterocycles. The van der Waals surface area contributed by atoms with Crippen molar-refractivity contribution >= 4 is 23.0 Å². The van der Waals surface area contributed by atoms with Gasteiger partial charge in [0, 0.05) is 37.2 Å². The number of aromatic nitrogens is 1. The fraction of sp³-hybridized carbons (Fsp3) is 0.522. The first-order chi connectivity index (χ1) is 14.6. The van der Waals surface area contributed by atoms with Crippen molar-refractivity contribution in [1.82, 2.24) is 9.47 Å². The van der Waals surface area contributed by atoms with E-state index in [1.807, 2.05) is 32.3 Å². The van der Waals surface area contributed by atoms with Crippen molar-refractivity contribution in [2.75, 3.05) is 19.7 Å². The molecule has 2 heterocycles. The van der Waals surface area contributed by atoms with Gasteiger partial charge in [-0.25, -0.2) is 9.59 Å². The van der Waals surface area contributed by atoms with Gasteiger partial charge in [0.25, 0.3) is 0 Å². The van der Waals surface area contributed by atoms with E-state index in [4.69, 9.17) is 14.2 Å². The standard InChI is InChI=1S/C23H30N2O6/c1-6-24-14-18(21(27)29-7-2)20(26)17-9-8-15(12-19(17)24)30-16-10-11-25(13-16)22(28)31-23(3,4)5/h8-9,12,14,16H,6-7,10-11,13H2,1-5H3/t16-/m1/s1. The summed E-state index contributed by atoms with van der Waals surface area (Å²) >= 11 is 0. The van der Waals surface area contributed by atoms with Crippen LogP contribution in [0.4, 0.5) is 4.79 Å². The van der Waals surface area contributed by atoms with Crippen LogP contribution in [0.1, 0.15) is 51.4 Å². The number of hydrogen-bond acceptors (Lipinski definition) is 6. The van der Waals surface area contributed by atoms with Crippen molar-refractivity contribution in [3.63, 3.8) is 0 Å². The van der Waals surface area contributed by atoms with Gasteiger partial charge in [-0.2, -0.15) is 0 Å². The quantitative estimate of drug-likeness (QED) is 0.674. The average molecular weight is 431 g/mol. The van der Waals surface area contributed by atoms with Gasteiger partial charge in [-0.15, -0.1) is 0 Å². The van der Waals surface area contributed by atoms with E-state index in [1.165, 1.54) is 6.20 Å². The fourth-order valence-corrected chi connectivity index (χ4v) is 3.57. The minimum atomic E-state index is -0.620. The minimum Gasteiger partial charge on any atom is -0.488 e. The summed E-state index contributed by atoms with van der Waals surface area (Å²) in [4.78, 5) is 38.8. The number of ether oxygens (including phenoxy) is 3. The second-order valence-electron chi connectivity index (χ2n) is 8.51. The molecule has 0 spiro atoms. The zero-order chi connectivity index (χ0) is 22.8. The lowest BCUT2D eigenvalue weighted by Crippen LogP contribution is -2.36.